The normalized spacial score (nSPS) is 17.7. The highest BCUT2D eigenvalue weighted by Gasteiger charge is 2.26. The molecule has 1 aliphatic rings. The first-order valence-electron chi connectivity index (χ1n) is 10.6. The molecule has 0 radical (unpaired) electrons. The zero-order chi connectivity index (χ0) is 22.5. The zero-order valence-corrected chi connectivity index (χ0v) is 19.9. The molecular weight excluding hydrogens is 376 g/mol. The van der Waals surface area contributed by atoms with Crippen LogP contribution in [0.2, 0.25) is 0 Å². The van der Waals surface area contributed by atoms with E-state index in [9.17, 15) is 4.79 Å². The van der Waals surface area contributed by atoms with Crippen molar-refractivity contribution in [3.63, 3.8) is 0 Å². The number of likely N-dealkylation sites (N-methyl/N-ethyl adjacent to an activating group) is 1. The van der Waals surface area contributed by atoms with Gasteiger partial charge in [0.15, 0.2) is 0 Å². The van der Waals surface area contributed by atoms with E-state index in [-0.39, 0.29) is 11.4 Å². The van der Waals surface area contributed by atoms with E-state index in [1.165, 1.54) is 5.57 Å². The highest BCUT2D eigenvalue weighted by molar-refractivity contribution is 6.02. The van der Waals surface area contributed by atoms with Crippen molar-refractivity contribution in [2.75, 3.05) is 27.7 Å². The third kappa shape index (κ3) is 6.21. The van der Waals surface area contributed by atoms with Crippen LogP contribution in [0.3, 0.4) is 0 Å². The molecule has 7 nitrogen and oxygen atoms in total. The van der Waals surface area contributed by atoms with Crippen molar-refractivity contribution >= 4 is 17.7 Å². The van der Waals surface area contributed by atoms with Crippen LogP contribution in [0, 0.1) is 0 Å². The fourth-order valence-corrected chi connectivity index (χ4v) is 3.96. The predicted octanol–water partition coefficient (Wildman–Crippen LogP) is 3.20. The Bertz CT molecular complexity index is 840. The number of carbonyl (C=O) groups excluding carboxylic acids is 1. The topological polar surface area (TPSA) is 65.8 Å². The highest BCUT2D eigenvalue weighted by atomic mass is 16.2. The number of aliphatic imine (C=N–C) groups is 1. The second-order valence-corrected chi connectivity index (χ2v) is 9.04. The fourth-order valence-electron chi connectivity index (χ4n) is 3.96. The van der Waals surface area contributed by atoms with Gasteiger partial charge < -0.3 is 19.7 Å². The number of amides is 1. The number of hydrogen-bond acceptors (Lipinski definition) is 5. The molecule has 30 heavy (non-hydrogen) atoms. The summed E-state index contributed by atoms with van der Waals surface area (Å²) in [4.78, 5) is 26.1. The molecule has 7 heteroatoms. The summed E-state index contributed by atoms with van der Waals surface area (Å²) >= 11 is 0. The minimum atomic E-state index is -0.252. The molecule has 0 saturated heterocycles. The van der Waals surface area contributed by atoms with Gasteiger partial charge in [-0.05, 0) is 53.0 Å². The Kier molecular flexibility index (Phi) is 7.87. The van der Waals surface area contributed by atoms with Crippen LogP contribution < -0.4 is 5.32 Å². The van der Waals surface area contributed by atoms with Crippen molar-refractivity contribution in [1.29, 1.82) is 0 Å². The second-order valence-electron chi connectivity index (χ2n) is 9.04. The lowest BCUT2D eigenvalue weighted by Crippen LogP contribution is -2.46. The molecule has 0 aromatic carbocycles. The van der Waals surface area contributed by atoms with E-state index in [1.807, 2.05) is 70.5 Å². The Labute approximate surface area is 181 Å². The van der Waals surface area contributed by atoms with Crippen LogP contribution in [0.25, 0.3) is 6.08 Å². The molecule has 0 aliphatic heterocycles. The van der Waals surface area contributed by atoms with Crippen molar-refractivity contribution in [2.24, 2.45) is 12.0 Å². The van der Waals surface area contributed by atoms with Crippen molar-refractivity contribution in [1.82, 2.24) is 24.7 Å². The number of imidazole rings is 1. The molecule has 166 valence electrons. The van der Waals surface area contributed by atoms with E-state index < -0.39 is 0 Å². The van der Waals surface area contributed by atoms with Gasteiger partial charge in [0.05, 0.1) is 18.8 Å². The van der Waals surface area contributed by atoms with Crippen LogP contribution in [0.4, 0.5) is 0 Å². The minimum Gasteiger partial charge on any atom is -0.355 e. The van der Waals surface area contributed by atoms with Gasteiger partial charge in [0.1, 0.15) is 11.6 Å². The first-order valence-corrected chi connectivity index (χ1v) is 10.6. The van der Waals surface area contributed by atoms with Crippen LogP contribution in [-0.4, -0.2) is 64.2 Å². The molecule has 0 atom stereocenters. The smallest absolute Gasteiger partial charge is 0.239 e. The summed E-state index contributed by atoms with van der Waals surface area (Å²) < 4.78 is 2.03. The van der Waals surface area contributed by atoms with Crippen molar-refractivity contribution < 1.29 is 4.79 Å². The molecule has 2 rings (SSSR count). The molecule has 1 aromatic heterocycles. The van der Waals surface area contributed by atoms with Crippen molar-refractivity contribution in [3.05, 3.63) is 35.2 Å². The fraction of sp³-hybridized carbons (Fsp3) is 0.609. The van der Waals surface area contributed by atoms with E-state index >= 15 is 0 Å². The summed E-state index contributed by atoms with van der Waals surface area (Å²) in [7, 11) is 7.91. The monoisotopic (exact) mass is 414 g/mol. The Hall–Kier alpha value is -2.57. The summed E-state index contributed by atoms with van der Waals surface area (Å²) in [6, 6.07) is 0. The first kappa shape index (κ1) is 23.7. The number of carbonyl (C=O) groups is 1. The van der Waals surface area contributed by atoms with Crippen molar-refractivity contribution in [3.8, 4) is 0 Å². The van der Waals surface area contributed by atoms with Gasteiger partial charge in [0.25, 0.3) is 0 Å². The van der Waals surface area contributed by atoms with Crippen molar-refractivity contribution in [2.45, 2.75) is 59.0 Å². The maximum atomic E-state index is 12.6. The lowest BCUT2D eigenvalue weighted by Gasteiger charge is -2.33. The molecular formula is C23H38N6O. The third-order valence-corrected chi connectivity index (χ3v) is 5.02. The quantitative estimate of drug-likeness (QED) is 0.744. The van der Waals surface area contributed by atoms with Gasteiger partial charge in [0.2, 0.25) is 5.91 Å². The third-order valence-electron chi connectivity index (χ3n) is 5.02. The van der Waals surface area contributed by atoms with Gasteiger partial charge in [-0.25, -0.2) is 4.98 Å². The maximum Gasteiger partial charge on any atom is 0.239 e. The summed E-state index contributed by atoms with van der Waals surface area (Å²) in [5, 5.41) is 3.06. The molecule has 1 saturated carbocycles. The first-order chi connectivity index (χ1) is 14.1. The Morgan fingerprint density at radius 2 is 2.00 bits per heavy atom. The van der Waals surface area contributed by atoms with Gasteiger partial charge in [-0.2, -0.15) is 0 Å². The number of aryl methyl sites for hydroxylation is 1. The molecule has 1 aromatic rings. The summed E-state index contributed by atoms with van der Waals surface area (Å²) in [6.07, 6.45) is 9.11. The highest BCUT2D eigenvalue weighted by Crippen LogP contribution is 2.28. The van der Waals surface area contributed by atoms with E-state index in [0.717, 1.165) is 42.3 Å². The summed E-state index contributed by atoms with van der Waals surface area (Å²) in [5.41, 5.74) is 3.11. The Balaban J connectivity index is 2.31. The van der Waals surface area contributed by atoms with Gasteiger partial charge in [-0.15, -0.1) is 0 Å². The maximum absolute atomic E-state index is 12.6. The van der Waals surface area contributed by atoms with Crippen LogP contribution >= 0.6 is 0 Å². The molecule has 0 spiro atoms. The van der Waals surface area contributed by atoms with Gasteiger partial charge in [-0.3, -0.25) is 9.79 Å². The van der Waals surface area contributed by atoms with Crippen LogP contribution in [-0.2, 0) is 18.4 Å². The number of nitrogens with one attached hydrogen (secondary N) is 1. The molecule has 1 heterocycles. The van der Waals surface area contributed by atoms with Crippen LogP contribution in [0.1, 0.15) is 58.5 Å². The molecule has 1 fully saturated rings. The minimum absolute atomic E-state index is 0.0117. The Morgan fingerprint density at radius 1 is 1.30 bits per heavy atom. The number of aromatic nitrogens is 2. The van der Waals surface area contributed by atoms with Gasteiger partial charge in [0, 0.05) is 51.2 Å². The lowest BCUT2D eigenvalue weighted by atomic mass is 10.1. The second kappa shape index (κ2) is 9.96. The van der Waals surface area contributed by atoms with E-state index in [4.69, 9.17) is 4.98 Å². The van der Waals surface area contributed by atoms with E-state index in [1.54, 1.807) is 0 Å². The number of allylic oxidation sites excluding steroid dienone is 2. The van der Waals surface area contributed by atoms with Gasteiger partial charge in [-0.1, -0.05) is 6.08 Å². The molecule has 1 N–H and O–H groups in total. The van der Waals surface area contributed by atoms with Crippen LogP contribution in [0.5, 0.6) is 0 Å². The number of rotatable bonds is 7. The van der Waals surface area contributed by atoms with E-state index in [2.05, 4.69) is 28.5 Å². The molecule has 0 unspecified atom stereocenters. The SMILES string of the molecule is C/C=C\c1nc(CN(C)/C(=C2/CCCC2=NC)N(C)CC(=O)NC(C)(C)C)cn1C. The molecule has 0 bridgehead atoms. The summed E-state index contributed by atoms with van der Waals surface area (Å²) in [5.74, 6) is 2.00. The number of nitrogens with zero attached hydrogens (tertiary/aromatic N) is 5. The standard InChI is InChI=1S/C23H38N6O/c1-9-11-20-25-17(14-27(20)6)15-28(7)22(18-12-10-13-19(18)24-5)29(8)16-21(30)26-23(2,3)4/h9,11,14H,10,12-13,15-16H2,1-8H3,(H,26,30)/b11-9-,22-18+,24-19?. The molecule has 1 aliphatic carbocycles. The average molecular weight is 415 g/mol. The zero-order valence-electron chi connectivity index (χ0n) is 19.9. The average Bonchev–Trinajstić information content (AvgIpc) is 3.20. The van der Waals surface area contributed by atoms with E-state index in [0.29, 0.717) is 13.1 Å². The Morgan fingerprint density at radius 3 is 2.60 bits per heavy atom. The largest absolute Gasteiger partial charge is 0.355 e. The van der Waals surface area contributed by atoms with Gasteiger partial charge >= 0.3 is 0 Å². The lowest BCUT2D eigenvalue weighted by molar-refractivity contribution is -0.123. The molecule has 1 amide bonds. The predicted molar refractivity (Wildman–Crippen MR) is 124 cm³/mol. The summed E-state index contributed by atoms with van der Waals surface area (Å²) in [6.45, 7) is 8.94. The van der Waals surface area contributed by atoms with Crippen LogP contribution in [0.15, 0.2) is 28.7 Å². The number of hydrogen-bond donors (Lipinski definition) is 1.